The first-order valence-corrected chi connectivity index (χ1v) is 4.28. The molecule has 0 aliphatic rings. The van der Waals surface area contributed by atoms with Gasteiger partial charge in [0.1, 0.15) is 10.9 Å². The molecule has 1 heterocycles. The maximum atomic E-state index is 10.6. The van der Waals surface area contributed by atoms with E-state index in [-0.39, 0.29) is 4.61 Å². The number of carbonyl (C=O) groups is 1. The van der Waals surface area contributed by atoms with Crippen molar-refractivity contribution in [2.24, 2.45) is 0 Å². The second kappa shape index (κ2) is 4.22. The van der Waals surface area contributed by atoms with Crippen LogP contribution in [-0.2, 0) is 4.74 Å². The van der Waals surface area contributed by atoms with Gasteiger partial charge in [-0.3, -0.25) is 0 Å². The van der Waals surface area contributed by atoms with Crippen LogP contribution >= 0.6 is 22.6 Å². The topological polar surface area (TPSA) is 48.7 Å². The van der Waals surface area contributed by atoms with Crippen molar-refractivity contribution in [1.82, 2.24) is 0 Å². The summed E-state index contributed by atoms with van der Waals surface area (Å²) in [4.78, 5) is 10.6. The first-order chi connectivity index (χ1) is 5.33. The normalized spacial score (nSPS) is 9.18. The van der Waals surface area contributed by atoms with Crippen molar-refractivity contribution in [3.63, 3.8) is 0 Å². The van der Waals surface area contributed by atoms with E-state index in [2.05, 4.69) is 13.9 Å². The minimum absolute atomic E-state index is 0.272. The third-order valence-corrected chi connectivity index (χ3v) is 1.18. The maximum Gasteiger partial charge on any atom is 0.514 e. The molecule has 1 aromatic heterocycles. The van der Waals surface area contributed by atoms with E-state index in [0.717, 1.165) is 0 Å². The standard InChI is InChI=1S/C6H5IO4/c7-4-10-6(8)11-5-1-2-9-3-5/h1-3H,4H2. The summed E-state index contributed by atoms with van der Waals surface area (Å²) in [7, 11) is 0. The molecular weight excluding hydrogens is 263 g/mol. The molecule has 0 amide bonds. The molecule has 0 bridgehead atoms. The Morgan fingerprint density at radius 1 is 1.73 bits per heavy atom. The molecule has 1 aromatic rings. The van der Waals surface area contributed by atoms with Crippen molar-refractivity contribution in [3.05, 3.63) is 18.6 Å². The van der Waals surface area contributed by atoms with Crippen LogP contribution < -0.4 is 4.74 Å². The van der Waals surface area contributed by atoms with Gasteiger partial charge in [0.2, 0.25) is 0 Å². The van der Waals surface area contributed by atoms with Gasteiger partial charge in [-0.15, -0.1) is 0 Å². The number of hydrogen-bond donors (Lipinski definition) is 0. The van der Waals surface area contributed by atoms with Gasteiger partial charge in [0.15, 0.2) is 5.75 Å². The van der Waals surface area contributed by atoms with E-state index < -0.39 is 6.16 Å². The molecule has 0 aliphatic heterocycles. The van der Waals surface area contributed by atoms with Crippen molar-refractivity contribution in [2.75, 3.05) is 4.61 Å². The summed E-state index contributed by atoms with van der Waals surface area (Å²) < 4.78 is 14.1. The van der Waals surface area contributed by atoms with E-state index in [4.69, 9.17) is 0 Å². The number of ether oxygens (including phenoxy) is 2. The van der Waals surface area contributed by atoms with Crippen molar-refractivity contribution in [3.8, 4) is 5.75 Å². The number of hydrogen-bond acceptors (Lipinski definition) is 4. The lowest BCUT2D eigenvalue weighted by molar-refractivity contribution is 0.119. The van der Waals surface area contributed by atoms with E-state index in [1.807, 2.05) is 22.6 Å². The molecule has 1 rings (SSSR count). The molecular formula is C6H5IO4. The van der Waals surface area contributed by atoms with Gasteiger partial charge in [0.05, 0.1) is 6.26 Å². The van der Waals surface area contributed by atoms with Gasteiger partial charge >= 0.3 is 6.16 Å². The average molecular weight is 268 g/mol. The Labute approximate surface area is 76.6 Å². The number of alkyl halides is 1. The molecule has 0 saturated carbocycles. The lowest BCUT2D eigenvalue weighted by atomic mass is 10.6. The molecule has 11 heavy (non-hydrogen) atoms. The summed E-state index contributed by atoms with van der Waals surface area (Å²) in [6, 6.07) is 1.52. The molecule has 0 aromatic carbocycles. The first kappa shape index (κ1) is 8.38. The summed E-state index contributed by atoms with van der Waals surface area (Å²) in [6.07, 6.45) is 2.00. The van der Waals surface area contributed by atoms with Gasteiger partial charge in [-0.2, -0.15) is 0 Å². The van der Waals surface area contributed by atoms with Gasteiger partial charge in [-0.05, 0) is 22.6 Å². The predicted molar refractivity (Wildman–Crippen MR) is 44.7 cm³/mol. The summed E-state index contributed by atoms with van der Waals surface area (Å²) in [5.41, 5.74) is 0. The second-order valence-electron chi connectivity index (χ2n) is 1.56. The van der Waals surface area contributed by atoms with Crippen LogP contribution in [0.4, 0.5) is 4.79 Å². The number of halogens is 1. The highest BCUT2D eigenvalue weighted by Gasteiger charge is 2.04. The summed E-state index contributed by atoms with van der Waals surface area (Å²) in [6.45, 7) is 0. The molecule has 0 aliphatic carbocycles. The SMILES string of the molecule is O=C(OCI)Oc1ccoc1. The van der Waals surface area contributed by atoms with Crippen molar-refractivity contribution in [2.45, 2.75) is 0 Å². The van der Waals surface area contributed by atoms with E-state index in [9.17, 15) is 4.79 Å². The molecule has 60 valence electrons. The zero-order chi connectivity index (χ0) is 8.10. The van der Waals surface area contributed by atoms with Crippen LogP contribution in [-0.4, -0.2) is 10.8 Å². The Morgan fingerprint density at radius 3 is 3.09 bits per heavy atom. The summed E-state index contributed by atoms with van der Waals surface area (Å²) >= 11 is 1.90. The Bertz CT molecular complexity index is 218. The fourth-order valence-corrected chi connectivity index (χ4v) is 0.735. The number of furan rings is 1. The minimum Gasteiger partial charge on any atom is -0.469 e. The van der Waals surface area contributed by atoms with E-state index >= 15 is 0 Å². The van der Waals surface area contributed by atoms with Gasteiger partial charge < -0.3 is 13.9 Å². The number of carbonyl (C=O) groups excluding carboxylic acids is 1. The van der Waals surface area contributed by atoms with Crippen LogP contribution in [0.2, 0.25) is 0 Å². The third-order valence-electron chi connectivity index (χ3n) is 0.869. The van der Waals surface area contributed by atoms with Gasteiger partial charge in [-0.1, -0.05) is 0 Å². The molecule has 0 radical (unpaired) electrons. The highest BCUT2D eigenvalue weighted by Crippen LogP contribution is 2.10. The third kappa shape index (κ3) is 2.79. The van der Waals surface area contributed by atoms with Crippen LogP contribution in [0, 0.1) is 0 Å². The molecule has 0 unspecified atom stereocenters. The van der Waals surface area contributed by atoms with Gasteiger partial charge in [-0.25, -0.2) is 4.79 Å². The van der Waals surface area contributed by atoms with Gasteiger partial charge in [0.25, 0.3) is 0 Å². The number of rotatable bonds is 2. The van der Waals surface area contributed by atoms with Crippen LogP contribution in [0.15, 0.2) is 23.0 Å². The highest BCUT2D eigenvalue weighted by molar-refractivity contribution is 14.1. The fourth-order valence-electron chi connectivity index (χ4n) is 0.480. The quantitative estimate of drug-likeness (QED) is 0.468. The highest BCUT2D eigenvalue weighted by atomic mass is 127. The van der Waals surface area contributed by atoms with Crippen LogP contribution in [0.1, 0.15) is 0 Å². The molecule has 4 nitrogen and oxygen atoms in total. The van der Waals surface area contributed by atoms with E-state index in [1.54, 1.807) is 0 Å². The summed E-state index contributed by atoms with van der Waals surface area (Å²) in [5, 5.41) is 0. The summed E-state index contributed by atoms with van der Waals surface area (Å²) in [5.74, 6) is 0.347. The Hall–Kier alpha value is -0.720. The average Bonchev–Trinajstić information content (AvgIpc) is 2.40. The molecule has 0 N–H and O–H groups in total. The van der Waals surface area contributed by atoms with E-state index in [0.29, 0.717) is 5.75 Å². The largest absolute Gasteiger partial charge is 0.514 e. The molecule has 5 heteroatoms. The molecule has 0 atom stereocenters. The Balaban J connectivity index is 2.37. The monoisotopic (exact) mass is 268 g/mol. The van der Waals surface area contributed by atoms with Crippen molar-refractivity contribution < 1.29 is 18.7 Å². The van der Waals surface area contributed by atoms with Crippen molar-refractivity contribution in [1.29, 1.82) is 0 Å². The Kier molecular flexibility index (Phi) is 3.21. The lowest BCUT2D eigenvalue weighted by Crippen LogP contribution is -2.08. The second-order valence-corrected chi connectivity index (χ2v) is 2.19. The van der Waals surface area contributed by atoms with Gasteiger partial charge in [0, 0.05) is 6.07 Å². The van der Waals surface area contributed by atoms with Crippen LogP contribution in [0.25, 0.3) is 0 Å². The maximum absolute atomic E-state index is 10.6. The molecule has 0 saturated heterocycles. The lowest BCUT2D eigenvalue weighted by Gasteiger charge is -1.98. The van der Waals surface area contributed by atoms with Crippen LogP contribution in [0.3, 0.4) is 0 Å². The van der Waals surface area contributed by atoms with E-state index in [1.165, 1.54) is 18.6 Å². The smallest absolute Gasteiger partial charge is 0.469 e. The molecule has 0 fully saturated rings. The first-order valence-electron chi connectivity index (χ1n) is 2.75. The van der Waals surface area contributed by atoms with Crippen molar-refractivity contribution >= 4 is 28.7 Å². The molecule has 0 spiro atoms. The predicted octanol–water partition coefficient (Wildman–Crippen LogP) is 2.19. The zero-order valence-electron chi connectivity index (χ0n) is 5.45. The Morgan fingerprint density at radius 2 is 2.55 bits per heavy atom. The van der Waals surface area contributed by atoms with Crippen LogP contribution in [0.5, 0.6) is 5.75 Å². The zero-order valence-corrected chi connectivity index (χ0v) is 7.61. The fraction of sp³-hybridized carbons (Fsp3) is 0.167. The minimum atomic E-state index is -0.721.